The van der Waals surface area contributed by atoms with Gasteiger partial charge in [-0.2, -0.15) is 0 Å². The molecule has 5 heteroatoms. The fourth-order valence-electron chi connectivity index (χ4n) is 3.78. The monoisotopic (exact) mass is 373 g/mol. The first-order valence-corrected chi connectivity index (χ1v) is 10.3. The number of aryl methyl sites for hydroxylation is 1. The quantitative estimate of drug-likeness (QED) is 0.730. The molecule has 0 aromatic heterocycles. The normalized spacial score (nSPS) is 20.9. The number of carbonyl (C=O) groups is 2. The van der Waals surface area contributed by atoms with E-state index >= 15 is 0 Å². The Morgan fingerprint density at radius 2 is 1.93 bits per heavy atom. The minimum absolute atomic E-state index is 0.0332. The molecular weight excluding hydrogens is 338 g/mol. The fourth-order valence-corrected chi connectivity index (χ4v) is 3.78. The molecule has 0 bridgehead atoms. The molecule has 2 N–H and O–H groups in total. The van der Waals surface area contributed by atoms with E-state index in [2.05, 4.69) is 24.5 Å². The van der Waals surface area contributed by atoms with Gasteiger partial charge in [-0.25, -0.2) is 0 Å². The highest BCUT2D eigenvalue weighted by Crippen LogP contribution is 2.24. The minimum Gasteiger partial charge on any atom is -0.352 e. The molecule has 2 amide bonds. The fraction of sp³-hybridized carbons (Fsp3) is 0.636. The van der Waals surface area contributed by atoms with Gasteiger partial charge in [-0.15, -0.1) is 0 Å². The summed E-state index contributed by atoms with van der Waals surface area (Å²) in [4.78, 5) is 27.3. The van der Waals surface area contributed by atoms with Crippen molar-refractivity contribution in [2.75, 3.05) is 18.4 Å². The topological polar surface area (TPSA) is 61.4 Å². The van der Waals surface area contributed by atoms with Crippen molar-refractivity contribution in [2.45, 2.75) is 71.9 Å². The Hall–Kier alpha value is -1.88. The molecule has 1 aromatic rings. The summed E-state index contributed by atoms with van der Waals surface area (Å²) in [5.74, 6) is 0.480. The Bertz CT molecular complexity index is 632. The minimum atomic E-state index is -0.318. The van der Waals surface area contributed by atoms with Crippen LogP contribution in [0.2, 0.25) is 0 Å². The van der Waals surface area contributed by atoms with Crippen LogP contribution in [-0.2, 0) is 9.59 Å². The molecule has 0 saturated heterocycles. The Morgan fingerprint density at radius 3 is 2.59 bits per heavy atom. The average Bonchev–Trinajstić information content (AvgIpc) is 2.64. The van der Waals surface area contributed by atoms with Crippen LogP contribution < -0.4 is 10.6 Å². The lowest BCUT2D eigenvalue weighted by Crippen LogP contribution is -2.52. The van der Waals surface area contributed by atoms with Crippen LogP contribution >= 0.6 is 0 Å². The third-order valence-corrected chi connectivity index (χ3v) is 5.64. The molecule has 1 aromatic carbocycles. The van der Waals surface area contributed by atoms with E-state index < -0.39 is 0 Å². The zero-order valence-electron chi connectivity index (χ0n) is 17.3. The summed E-state index contributed by atoms with van der Waals surface area (Å²) in [5.41, 5.74) is 1.86. The molecule has 2 rings (SSSR count). The van der Waals surface area contributed by atoms with Crippen molar-refractivity contribution in [3.05, 3.63) is 29.8 Å². The van der Waals surface area contributed by atoms with Gasteiger partial charge in [0.2, 0.25) is 11.8 Å². The number of benzene rings is 1. The van der Waals surface area contributed by atoms with Crippen LogP contribution in [0.15, 0.2) is 24.3 Å². The van der Waals surface area contributed by atoms with Gasteiger partial charge in [-0.05, 0) is 57.2 Å². The van der Waals surface area contributed by atoms with Crippen molar-refractivity contribution >= 4 is 17.5 Å². The highest BCUT2D eigenvalue weighted by atomic mass is 16.2. The summed E-state index contributed by atoms with van der Waals surface area (Å²) < 4.78 is 0. The summed E-state index contributed by atoms with van der Waals surface area (Å²) in [6.45, 7) is 9.10. The average molecular weight is 374 g/mol. The van der Waals surface area contributed by atoms with E-state index in [1.165, 1.54) is 19.3 Å². The summed E-state index contributed by atoms with van der Waals surface area (Å²) in [6, 6.07) is 7.68. The van der Waals surface area contributed by atoms with Crippen LogP contribution in [0.3, 0.4) is 0 Å². The number of nitrogens with zero attached hydrogens (tertiary/aromatic N) is 1. The van der Waals surface area contributed by atoms with Crippen molar-refractivity contribution in [3.63, 3.8) is 0 Å². The van der Waals surface area contributed by atoms with E-state index in [0.29, 0.717) is 5.92 Å². The number of carbonyl (C=O) groups excluding carboxylic acids is 2. The van der Waals surface area contributed by atoms with E-state index in [0.717, 1.165) is 30.6 Å². The van der Waals surface area contributed by atoms with E-state index in [4.69, 9.17) is 0 Å². The van der Waals surface area contributed by atoms with Gasteiger partial charge in [0, 0.05) is 11.7 Å². The summed E-state index contributed by atoms with van der Waals surface area (Å²) in [5, 5.41) is 6.20. The molecule has 3 unspecified atom stereocenters. The zero-order chi connectivity index (χ0) is 19.8. The highest BCUT2D eigenvalue weighted by Gasteiger charge is 2.28. The summed E-state index contributed by atoms with van der Waals surface area (Å²) >= 11 is 0. The smallest absolute Gasteiger partial charge is 0.238 e. The Balaban J connectivity index is 1.94. The molecule has 1 aliphatic carbocycles. The largest absolute Gasteiger partial charge is 0.352 e. The molecule has 27 heavy (non-hydrogen) atoms. The highest BCUT2D eigenvalue weighted by molar-refractivity contribution is 5.93. The van der Waals surface area contributed by atoms with Crippen LogP contribution in [0, 0.1) is 12.8 Å². The summed E-state index contributed by atoms with van der Waals surface area (Å²) in [6.07, 6.45) is 5.57. The second-order valence-corrected chi connectivity index (χ2v) is 7.89. The Morgan fingerprint density at radius 1 is 1.22 bits per heavy atom. The number of hydrogen-bond donors (Lipinski definition) is 2. The number of hydrogen-bond acceptors (Lipinski definition) is 3. The lowest BCUT2D eigenvalue weighted by Gasteiger charge is -2.33. The Labute approximate surface area is 163 Å². The lowest BCUT2D eigenvalue weighted by molar-refractivity contribution is -0.128. The van der Waals surface area contributed by atoms with Crippen LogP contribution in [0.5, 0.6) is 0 Å². The predicted octanol–water partition coefficient (Wildman–Crippen LogP) is 3.73. The van der Waals surface area contributed by atoms with E-state index in [1.54, 1.807) is 0 Å². The van der Waals surface area contributed by atoms with Gasteiger partial charge in [-0.1, -0.05) is 44.9 Å². The first kappa shape index (κ1) is 21.4. The molecule has 0 heterocycles. The van der Waals surface area contributed by atoms with Gasteiger partial charge in [0.05, 0.1) is 12.6 Å². The van der Waals surface area contributed by atoms with Crippen LogP contribution in [0.1, 0.15) is 58.4 Å². The van der Waals surface area contributed by atoms with E-state index in [1.807, 2.05) is 43.0 Å². The van der Waals surface area contributed by atoms with Crippen molar-refractivity contribution in [1.82, 2.24) is 10.2 Å². The third-order valence-electron chi connectivity index (χ3n) is 5.64. The molecule has 1 fully saturated rings. The van der Waals surface area contributed by atoms with Crippen molar-refractivity contribution < 1.29 is 9.59 Å². The molecule has 1 saturated carbocycles. The zero-order valence-corrected chi connectivity index (χ0v) is 17.3. The standard InChI is InChI=1S/C22H35N3O2/c1-5-14-25(15-21(26)23-19-12-8-6-10-16(19)2)18(4)22(27)24-20-13-9-7-11-17(20)3/h6,8,10,12,17-18,20H,5,7,9,11,13-15H2,1-4H3,(H,23,26)(H,24,27). The van der Waals surface area contributed by atoms with Gasteiger partial charge >= 0.3 is 0 Å². The van der Waals surface area contributed by atoms with Gasteiger partial charge in [-0.3, -0.25) is 14.5 Å². The number of anilines is 1. The Kier molecular flexibility index (Phi) is 8.29. The van der Waals surface area contributed by atoms with Crippen molar-refractivity contribution in [3.8, 4) is 0 Å². The van der Waals surface area contributed by atoms with Gasteiger partial charge in [0.1, 0.15) is 0 Å². The number of amides is 2. The van der Waals surface area contributed by atoms with Gasteiger partial charge in [0.15, 0.2) is 0 Å². The second-order valence-electron chi connectivity index (χ2n) is 7.89. The first-order valence-electron chi connectivity index (χ1n) is 10.3. The maximum Gasteiger partial charge on any atom is 0.238 e. The van der Waals surface area contributed by atoms with Gasteiger partial charge < -0.3 is 10.6 Å². The van der Waals surface area contributed by atoms with Crippen LogP contribution in [-0.4, -0.2) is 41.9 Å². The number of nitrogens with one attached hydrogen (secondary N) is 2. The molecule has 5 nitrogen and oxygen atoms in total. The van der Waals surface area contributed by atoms with E-state index in [9.17, 15) is 9.59 Å². The molecule has 150 valence electrons. The maximum atomic E-state index is 12.8. The van der Waals surface area contributed by atoms with Crippen molar-refractivity contribution in [2.24, 2.45) is 5.92 Å². The number of para-hydroxylation sites is 1. The van der Waals surface area contributed by atoms with E-state index in [-0.39, 0.29) is 30.4 Å². The lowest BCUT2D eigenvalue weighted by atomic mass is 9.86. The molecule has 0 aliphatic heterocycles. The maximum absolute atomic E-state index is 12.8. The molecule has 3 atom stereocenters. The SMILES string of the molecule is CCCN(CC(=O)Nc1ccccc1C)C(C)C(=O)NC1CCCCC1C. The first-order chi connectivity index (χ1) is 12.9. The van der Waals surface area contributed by atoms with Crippen LogP contribution in [0.4, 0.5) is 5.69 Å². The molecule has 0 radical (unpaired) electrons. The van der Waals surface area contributed by atoms with Crippen molar-refractivity contribution in [1.29, 1.82) is 0 Å². The van der Waals surface area contributed by atoms with Crippen LogP contribution in [0.25, 0.3) is 0 Å². The second kappa shape index (κ2) is 10.5. The molecule has 0 spiro atoms. The number of rotatable bonds is 8. The van der Waals surface area contributed by atoms with Gasteiger partial charge in [0.25, 0.3) is 0 Å². The summed E-state index contributed by atoms with van der Waals surface area (Å²) in [7, 11) is 0. The third kappa shape index (κ3) is 6.35. The predicted molar refractivity (Wildman–Crippen MR) is 111 cm³/mol. The molecular formula is C22H35N3O2. The molecule has 1 aliphatic rings.